The van der Waals surface area contributed by atoms with E-state index in [1.807, 2.05) is 36.7 Å². The Labute approximate surface area is 193 Å². The number of hydrogen-bond donors (Lipinski definition) is 1. The van der Waals surface area contributed by atoms with E-state index in [-0.39, 0.29) is 12.1 Å². The van der Waals surface area contributed by atoms with Gasteiger partial charge in [-0.3, -0.25) is 9.97 Å². The zero-order chi connectivity index (χ0) is 22.1. The van der Waals surface area contributed by atoms with Crippen LogP contribution in [0.4, 0.5) is 0 Å². The van der Waals surface area contributed by atoms with E-state index in [9.17, 15) is 0 Å². The molecule has 32 heavy (non-hydrogen) atoms. The maximum atomic E-state index is 5.84. The first-order chi connectivity index (χ1) is 15.6. The third-order valence-corrected chi connectivity index (χ3v) is 6.44. The summed E-state index contributed by atoms with van der Waals surface area (Å²) in [5, 5.41) is 4.31. The molecule has 5 rings (SSSR count). The molecule has 4 heterocycles. The van der Waals surface area contributed by atoms with E-state index in [1.54, 1.807) is 6.20 Å². The van der Waals surface area contributed by atoms with Crippen LogP contribution in [-0.2, 0) is 6.54 Å². The average molecular weight is 440 g/mol. The summed E-state index contributed by atoms with van der Waals surface area (Å²) in [5.74, 6) is 0. The van der Waals surface area contributed by atoms with Crippen LogP contribution >= 0.6 is 12.2 Å². The first-order valence-corrected chi connectivity index (χ1v) is 11.2. The van der Waals surface area contributed by atoms with Crippen molar-refractivity contribution in [3.63, 3.8) is 0 Å². The van der Waals surface area contributed by atoms with Gasteiger partial charge in [0.25, 0.3) is 0 Å². The van der Waals surface area contributed by atoms with Gasteiger partial charge in [-0.1, -0.05) is 36.4 Å². The second-order valence-electron chi connectivity index (χ2n) is 8.11. The van der Waals surface area contributed by atoms with Crippen LogP contribution in [0.1, 0.15) is 40.3 Å². The van der Waals surface area contributed by atoms with Crippen molar-refractivity contribution >= 4 is 17.3 Å². The smallest absolute Gasteiger partial charge is 0.170 e. The Morgan fingerprint density at radius 3 is 2.50 bits per heavy atom. The Balaban J connectivity index is 1.62. The van der Waals surface area contributed by atoms with Crippen molar-refractivity contribution in [1.29, 1.82) is 0 Å². The van der Waals surface area contributed by atoms with E-state index in [4.69, 9.17) is 12.2 Å². The van der Waals surface area contributed by atoms with E-state index in [0.717, 1.165) is 23.0 Å². The van der Waals surface area contributed by atoms with Crippen molar-refractivity contribution in [1.82, 2.24) is 24.8 Å². The maximum Gasteiger partial charge on any atom is 0.170 e. The van der Waals surface area contributed by atoms with Gasteiger partial charge in [-0.05, 0) is 67.5 Å². The fourth-order valence-electron chi connectivity index (χ4n) is 4.66. The molecule has 0 unspecified atom stereocenters. The molecule has 0 saturated carbocycles. The van der Waals surface area contributed by atoms with Crippen LogP contribution in [0, 0.1) is 13.8 Å². The largest absolute Gasteiger partial charge is 0.352 e. The molecule has 0 amide bonds. The Morgan fingerprint density at radius 1 is 0.969 bits per heavy atom. The van der Waals surface area contributed by atoms with Crippen molar-refractivity contribution in [2.45, 2.75) is 32.5 Å². The minimum Gasteiger partial charge on any atom is -0.352 e. The standard InChI is InChI=1S/C26H25N5S/c1-18-15-22(19(2)31(18)21-11-8-13-27-16-21)25-24(23-12-6-7-14-28-23)29-26(32)30(25)17-20-9-4-3-5-10-20/h3-16,24-25H,17H2,1-2H3,(H,29,32)/t24-,25-/m1/s1. The van der Waals surface area contributed by atoms with Gasteiger partial charge in [0.1, 0.15) is 0 Å². The number of hydrogen-bond acceptors (Lipinski definition) is 3. The number of nitrogens with one attached hydrogen (secondary N) is 1. The highest BCUT2D eigenvalue weighted by Gasteiger charge is 2.41. The van der Waals surface area contributed by atoms with Gasteiger partial charge in [-0.2, -0.15) is 0 Å². The Kier molecular flexibility index (Phi) is 5.45. The summed E-state index contributed by atoms with van der Waals surface area (Å²) in [6.07, 6.45) is 5.55. The lowest BCUT2D eigenvalue weighted by atomic mass is 9.96. The minimum absolute atomic E-state index is 0.0224. The van der Waals surface area contributed by atoms with Gasteiger partial charge >= 0.3 is 0 Å². The lowest BCUT2D eigenvalue weighted by molar-refractivity contribution is 0.310. The highest BCUT2D eigenvalue weighted by atomic mass is 32.1. The molecule has 5 nitrogen and oxygen atoms in total. The van der Waals surface area contributed by atoms with Gasteiger partial charge in [0.2, 0.25) is 0 Å². The van der Waals surface area contributed by atoms with Crippen LogP contribution in [0.25, 0.3) is 5.69 Å². The molecule has 0 radical (unpaired) electrons. The predicted molar refractivity (Wildman–Crippen MR) is 130 cm³/mol. The highest BCUT2D eigenvalue weighted by Crippen LogP contribution is 2.42. The number of nitrogens with zero attached hydrogens (tertiary/aromatic N) is 4. The second-order valence-corrected chi connectivity index (χ2v) is 8.50. The summed E-state index contributed by atoms with van der Waals surface area (Å²) in [4.78, 5) is 11.3. The third-order valence-electron chi connectivity index (χ3n) is 6.09. The molecular weight excluding hydrogens is 414 g/mol. The summed E-state index contributed by atoms with van der Waals surface area (Å²) in [5.41, 5.74) is 6.87. The molecule has 1 aliphatic heterocycles. The van der Waals surface area contributed by atoms with Crippen molar-refractivity contribution < 1.29 is 0 Å². The molecule has 2 atom stereocenters. The van der Waals surface area contributed by atoms with Gasteiger partial charge in [-0.15, -0.1) is 0 Å². The zero-order valence-corrected chi connectivity index (χ0v) is 19.0. The Morgan fingerprint density at radius 2 is 1.78 bits per heavy atom. The van der Waals surface area contributed by atoms with E-state index in [1.165, 1.54) is 22.5 Å². The molecule has 0 aliphatic carbocycles. The summed E-state index contributed by atoms with van der Waals surface area (Å²) >= 11 is 5.84. The Hall–Kier alpha value is -3.51. The molecule has 1 N–H and O–H groups in total. The molecule has 6 heteroatoms. The molecule has 160 valence electrons. The molecule has 1 aromatic carbocycles. The first kappa shape index (κ1) is 20.4. The predicted octanol–water partition coefficient (Wildman–Crippen LogP) is 5.06. The van der Waals surface area contributed by atoms with Gasteiger partial charge < -0.3 is 14.8 Å². The molecule has 1 fully saturated rings. The minimum atomic E-state index is -0.0322. The van der Waals surface area contributed by atoms with Crippen molar-refractivity contribution in [2.75, 3.05) is 0 Å². The molecule has 1 saturated heterocycles. The number of aryl methyl sites for hydroxylation is 1. The second kappa shape index (κ2) is 8.55. The van der Waals surface area contributed by atoms with Gasteiger partial charge in [0.05, 0.1) is 29.7 Å². The maximum absolute atomic E-state index is 5.84. The van der Waals surface area contributed by atoms with E-state index in [0.29, 0.717) is 0 Å². The van der Waals surface area contributed by atoms with Gasteiger partial charge in [-0.25, -0.2) is 0 Å². The van der Waals surface area contributed by atoms with E-state index >= 15 is 0 Å². The number of aromatic nitrogens is 3. The van der Waals surface area contributed by atoms with Crippen molar-refractivity contribution in [3.8, 4) is 5.69 Å². The molecular formula is C26H25N5S. The molecule has 0 spiro atoms. The van der Waals surface area contributed by atoms with Crippen molar-refractivity contribution in [2.24, 2.45) is 0 Å². The van der Waals surface area contributed by atoms with Crippen LogP contribution in [0.3, 0.4) is 0 Å². The number of benzene rings is 1. The number of thiocarbonyl (C=S) groups is 1. The van der Waals surface area contributed by atoms with Crippen LogP contribution in [0.2, 0.25) is 0 Å². The number of rotatable bonds is 5. The zero-order valence-electron chi connectivity index (χ0n) is 18.1. The van der Waals surface area contributed by atoms with Gasteiger partial charge in [0, 0.05) is 30.3 Å². The lowest BCUT2D eigenvalue weighted by Crippen LogP contribution is -2.29. The fraction of sp³-hybridized carbons (Fsp3) is 0.192. The number of pyridine rings is 2. The summed E-state index contributed by atoms with van der Waals surface area (Å²) in [6.45, 7) is 5.05. The lowest BCUT2D eigenvalue weighted by Gasteiger charge is -2.28. The quantitative estimate of drug-likeness (QED) is 0.441. The van der Waals surface area contributed by atoms with Crippen LogP contribution in [0.15, 0.2) is 85.3 Å². The molecule has 4 aromatic rings. The average Bonchev–Trinajstić information content (AvgIpc) is 3.30. The normalized spacial score (nSPS) is 18.1. The summed E-state index contributed by atoms with van der Waals surface area (Å²) in [7, 11) is 0. The van der Waals surface area contributed by atoms with Gasteiger partial charge in [0.15, 0.2) is 5.11 Å². The third kappa shape index (κ3) is 3.67. The van der Waals surface area contributed by atoms with Crippen molar-refractivity contribution in [3.05, 3.63) is 114 Å². The van der Waals surface area contributed by atoms with E-state index < -0.39 is 0 Å². The monoisotopic (exact) mass is 439 g/mol. The van der Waals surface area contributed by atoms with E-state index in [2.05, 4.69) is 81.1 Å². The molecule has 0 bridgehead atoms. The molecule has 3 aromatic heterocycles. The summed E-state index contributed by atoms with van der Waals surface area (Å²) in [6, 6.07) is 22.8. The topological polar surface area (TPSA) is 46.0 Å². The SMILES string of the molecule is Cc1cc([C@@H]2[C@@H](c3ccccn3)NC(=S)N2Cc2ccccc2)c(C)n1-c1cccnc1. The van der Waals surface area contributed by atoms with Crippen LogP contribution in [-0.4, -0.2) is 24.5 Å². The first-order valence-electron chi connectivity index (χ1n) is 10.7. The molecule has 1 aliphatic rings. The van der Waals surface area contributed by atoms with Crippen LogP contribution in [0.5, 0.6) is 0 Å². The fourth-order valence-corrected chi connectivity index (χ4v) is 4.97. The highest BCUT2D eigenvalue weighted by molar-refractivity contribution is 7.80. The summed E-state index contributed by atoms with van der Waals surface area (Å²) < 4.78 is 2.26. The Bertz CT molecular complexity index is 1220. The van der Waals surface area contributed by atoms with Crippen LogP contribution < -0.4 is 5.32 Å².